The van der Waals surface area contributed by atoms with Crippen molar-refractivity contribution in [1.29, 1.82) is 0 Å². The van der Waals surface area contributed by atoms with Gasteiger partial charge in [0, 0.05) is 18.8 Å². The molecule has 21 heavy (non-hydrogen) atoms. The van der Waals surface area contributed by atoms with E-state index in [2.05, 4.69) is 48.6 Å². The SMILES string of the molecule is CN(C)CCOc1ccc(NCC2CCCCCC2)cc1. The van der Waals surface area contributed by atoms with Crippen LogP contribution in [0, 0.1) is 5.92 Å². The topological polar surface area (TPSA) is 24.5 Å². The standard InChI is InChI=1S/C18H30N2O/c1-20(2)13-14-21-18-11-9-17(10-12-18)19-15-16-7-5-3-4-6-8-16/h9-12,16,19H,3-8,13-15H2,1-2H3. The van der Waals surface area contributed by atoms with E-state index < -0.39 is 0 Å². The number of ether oxygens (including phenoxy) is 1. The zero-order chi connectivity index (χ0) is 14.9. The van der Waals surface area contributed by atoms with Gasteiger partial charge in [-0.15, -0.1) is 0 Å². The minimum Gasteiger partial charge on any atom is -0.492 e. The van der Waals surface area contributed by atoms with Gasteiger partial charge in [0.15, 0.2) is 0 Å². The van der Waals surface area contributed by atoms with Gasteiger partial charge in [-0.3, -0.25) is 0 Å². The van der Waals surface area contributed by atoms with E-state index in [1.807, 2.05) is 0 Å². The van der Waals surface area contributed by atoms with Gasteiger partial charge < -0.3 is 15.0 Å². The van der Waals surface area contributed by atoms with Crippen molar-refractivity contribution in [2.45, 2.75) is 38.5 Å². The van der Waals surface area contributed by atoms with E-state index >= 15 is 0 Å². The summed E-state index contributed by atoms with van der Waals surface area (Å²) < 4.78 is 5.71. The second kappa shape index (κ2) is 8.93. The third-order valence-corrected chi connectivity index (χ3v) is 4.23. The van der Waals surface area contributed by atoms with E-state index in [-0.39, 0.29) is 0 Å². The van der Waals surface area contributed by atoms with Crippen LogP contribution in [0.15, 0.2) is 24.3 Å². The molecule has 1 N–H and O–H groups in total. The summed E-state index contributed by atoms with van der Waals surface area (Å²) in [7, 11) is 4.12. The predicted molar refractivity (Wildman–Crippen MR) is 90.2 cm³/mol. The fourth-order valence-electron chi connectivity index (χ4n) is 2.85. The van der Waals surface area contributed by atoms with Crippen LogP contribution in [0.2, 0.25) is 0 Å². The van der Waals surface area contributed by atoms with Crippen molar-refractivity contribution in [3.63, 3.8) is 0 Å². The Balaban J connectivity index is 1.71. The average Bonchev–Trinajstić information content (AvgIpc) is 2.75. The van der Waals surface area contributed by atoms with Crippen LogP contribution in [0.3, 0.4) is 0 Å². The molecule has 1 saturated carbocycles. The van der Waals surface area contributed by atoms with Gasteiger partial charge in [-0.05, 0) is 57.1 Å². The molecule has 0 spiro atoms. The molecule has 0 unspecified atom stereocenters. The molecule has 0 bridgehead atoms. The summed E-state index contributed by atoms with van der Waals surface area (Å²) in [5.74, 6) is 1.81. The van der Waals surface area contributed by atoms with E-state index in [4.69, 9.17) is 4.74 Å². The molecule has 1 aromatic carbocycles. The van der Waals surface area contributed by atoms with Crippen molar-refractivity contribution in [1.82, 2.24) is 4.90 Å². The molecular weight excluding hydrogens is 260 g/mol. The van der Waals surface area contributed by atoms with Crippen LogP contribution in [-0.2, 0) is 0 Å². The number of benzene rings is 1. The maximum Gasteiger partial charge on any atom is 0.119 e. The first kappa shape index (κ1) is 16.2. The van der Waals surface area contributed by atoms with Crippen molar-refractivity contribution < 1.29 is 4.74 Å². The van der Waals surface area contributed by atoms with Gasteiger partial charge in [0.05, 0.1) is 0 Å². The maximum absolute atomic E-state index is 5.71. The summed E-state index contributed by atoms with van der Waals surface area (Å²) in [5.41, 5.74) is 1.21. The highest BCUT2D eigenvalue weighted by Crippen LogP contribution is 2.23. The fraction of sp³-hybridized carbons (Fsp3) is 0.667. The number of nitrogens with one attached hydrogen (secondary N) is 1. The lowest BCUT2D eigenvalue weighted by Gasteiger charge is -2.16. The highest BCUT2D eigenvalue weighted by Gasteiger charge is 2.11. The van der Waals surface area contributed by atoms with Crippen LogP contribution < -0.4 is 10.1 Å². The van der Waals surface area contributed by atoms with Crippen molar-refractivity contribution in [2.75, 3.05) is 39.1 Å². The largest absolute Gasteiger partial charge is 0.492 e. The van der Waals surface area contributed by atoms with Crippen molar-refractivity contribution in [3.05, 3.63) is 24.3 Å². The van der Waals surface area contributed by atoms with E-state index in [1.165, 1.54) is 44.2 Å². The minimum absolute atomic E-state index is 0.738. The van der Waals surface area contributed by atoms with Crippen LogP contribution in [0.25, 0.3) is 0 Å². The lowest BCUT2D eigenvalue weighted by atomic mass is 10.0. The molecule has 0 aromatic heterocycles. The van der Waals surface area contributed by atoms with Gasteiger partial charge in [-0.25, -0.2) is 0 Å². The first-order valence-corrected chi connectivity index (χ1v) is 8.35. The predicted octanol–water partition coefficient (Wildman–Crippen LogP) is 4.01. The van der Waals surface area contributed by atoms with Crippen LogP contribution >= 0.6 is 0 Å². The van der Waals surface area contributed by atoms with E-state index in [0.29, 0.717) is 0 Å². The normalized spacial score (nSPS) is 16.7. The third-order valence-electron chi connectivity index (χ3n) is 4.23. The van der Waals surface area contributed by atoms with Gasteiger partial charge in [-0.2, -0.15) is 0 Å². The molecular formula is C18H30N2O. The highest BCUT2D eigenvalue weighted by molar-refractivity contribution is 5.46. The Kier molecular flexibility index (Phi) is 6.87. The van der Waals surface area contributed by atoms with Gasteiger partial charge >= 0.3 is 0 Å². The Hall–Kier alpha value is -1.22. The zero-order valence-corrected chi connectivity index (χ0v) is 13.6. The second-order valence-electron chi connectivity index (χ2n) is 6.41. The molecule has 0 aliphatic heterocycles. The lowest BCUT2D eigenvalue weighted by molar-refractivity contribution is 0.261. The number of anilines is 1. The Bertz CT molecular complexity index is 381. The van der Waals surface area contributed by atoms with Gasteiger partial charge in [0.2, 0.25) is 0 Å². The van der Waals surface area contributed by atoms with Crippen molar-refractivity contribution in [2.24, 2.45) is 5.92 Å². The van der Waals surface area contributed by atoms with E-state index in [9.17, 15) is 0 Å². The molecule has 3 nitrogen and oxygen atoms in total. The molecule has 0 amide bonds. The van der Waals surface area contributed by atoms with Crippen LogP contribution in [-0.4, -0.2) is 38.7 Å². The molecule has 2 rings (SSSR count). The summed E-state index contributed by atoms with van der Waals surface area (Å²) in [4.78, 5) is 2.13. The monoisotopic (exact) mass is 290 g/mol. The second-order valence-corrected chi connectivity index (χ2v) is 6.41. The number of nitrogens with zero attached hydrogens (tertiary/aromatic N) is 1. The number of hydrogen-bond donors (Lipinski definition) is 1. The summed E-state index contributed by atoms with van der Waals surface area (Å²) in [6.45, 7) is 2.80. The van der Waals surface area contributed by atoms with Crippen LogP contribution in [0.4, 0.5) is 5.69 Å². The summed E-state index contributed by atoms with van der Waals surface area (Å²) in [6, 6.07) is 8.37. The van der Waals surface area contributed by atoms with Gasteiger partial charge in [0.1, 0.15) is 12.4 Å². The van der Waals surface area contributed by atoms with Crippen molar-refractivity contribution in [3.8, 4) is 5.75 Å². The Morgan fingerprint density at radius 3 is 2.33 bits per heavy atom. The maximum atomic E-state index is 5.71. The Labute approximate surface area is 129 Å². The lowest BCUT2D eigenvalue weighted by Crippen LogP contribution is -2.19. The Morgan fingerprint density at radius 1 is 1.05 bits per heavy atom. The zero-order valence-electron chi connectivity index (χ0n) is 13.6. The molecule has 1 aromatic rings. The average molecular weight is 290 g/mol. The minimum atomic E-state index is 0.738. The van der Waals surface area contributed by atoms with Crippen LogP contribution in [0.5, 0.6) is 5.75 Å². The number of hydrogen-bond acceptors (Lipinski definition) is 3. The summed E-state index contributed by atoms with van der Waals surface area (Å²) in [5, 5.41) is 3.58. The van der Waals surface area contributed by atoms with Gasteiger partial charge in [0.25, 0.3) is 0 Å². The molecule has 1 fully saturated rings. The molecule has 3 heteroatoms. The fourth-order valence-corrected chi connectivity index (χ4v) is 2.85. The third kappa shape index (κ3) is 6.38. The van der Waals surface area contributed by atoms with Gasteiger partial charge in [-0.1, -0.05) is 25.7 Å². The Morgan fingerprint density at radius 2 is 1.71 bits per heavy atom. The quantitative estimate of drug-likeness (QED) is 0.768. The first-order chi connectivity index (χ1) is 10.2. The molecule has 118 valence electrons. The van der Waals surface area contributed by atoms with Crippen LogP contribution in [0.1, 0.15) is 38.5 Å². The van der Waals surface area contributed by atoms with Crippen molar-refractivity contribution >= 4 is 5.69 Å². The highest BCUT2D eigenvalue weighted by atomic mass is 16.5. The number of likely N-dealkylation sites (N-methyl/N-ethyl adjacent to an activating group) is 1. The smallest absolute Gasteiger partial charge is 0.119 e. The number of rotatable bonds is 7. The molecule has 1 aliphatic carbocycles. The molecule has 0 heterocycles. The molecule has 0 saturated heterocycles. The first-order valence-electron chi connectivity index (χ1n) is 8.35. The summed E-state index contributed by atoms with van der Waals surface area (Å²) in [6.07, 6.45) is 8.44. The molecule has 0 atom stereocenters. The molecule has 1 aliphatic rings. The van der Waals surface area contributed by atoms with E-state index in [1.54, 1.807) is 0 Å². The molecule has 0 radical (unpaired) electrons. The summed E-state index contributed by atoms with van der Waals surface area (Å²) >= 11 is 0. The van der Waals surface area contributed by atoms with E-state index in [0.717, 1.165) is 31.4 Å².